The first-order chi connectivity index (χ1) is 4.29. The summed E-state index contributed by atoms with van der Waals surface area (Å²) in [6.07, 6.45) is 4.76. The lowest BCUT2D eigenvalue weighted by Crippen LogP contribution is -2.18. The SMILES string of the molecule is CC1=CCCCC(=O)N1. The number of allylic oxidation sites excluding steroid dienone is 2. The van der Waals surface area contributed by atoms with Crippen LogP contribution in [-0.4, -0.2) is 5.91 Å². The molecule has 0 bridgehead atoms. The fourth-order valence-corrected chi connectivity index (χ4v) is 0.915. The summed E-state index contributed by atoms with van der Waals surface area (Å²) in [4.78, 5) is 10.7. The summed E-state index contributed by atoms with van der Waals surface area (Å²) in [5.41, 5.74) is 0.998. The number of carbonyl (C=O) groups excluding carboxylic acids is 1. The molecule has 0 atom stereocenters. The number of rotatable bonds is 0. The fourth-order valence-electron chi connectivity index (χ4n) is 0.915. The number of amides is 1. The summed E-state index contributed by atoms with van der Waals surface area (Å²) < 4.78 is 0. The van der Waals surface area contributed by atoms with Gasteiger partial charge in [-0.15, -0.1) is 0 Å². The Morgan fingerprint density at radius 3 is 3.22 bits per heavy atom. The molecule has 0 fully saturated rings. The third-order valence-electron chi connectivity index (χ3n) is 1.40. The van der Waals surface area contributed by atoms with E-state index in [0.29, 0.717) is 6.42 Å². The van der Waals surface area contributed by atoms with Crippen molar-refractivity contribution >= 4 is 5.91 Å². The first-order valence-electron chi connectivity index (χ1n) is 3.25. The predicted octanol–water partition coefficient (Wildman–Crippen LogP) is 1.19. The van der Waals surface area contributed by atoms with Crippen LogP contribution in [0.4, 0.5) is 0 Å². The van der Waals surface area contributed by atoms with Gasteiger partial charge in [-0.2, -0.15) is 0 Å². The number of hydrogen-bond donors (Lipinski definition) is 1. The summed E-state index contributed by atoms with van der Waals surface area (Å²) in [7, 11) is 0. The molecular weight excluding hydrogens is 114 g/mol. The molecule has 1 heterocycles. The van der Waals surface area contributed by atoms with E-state index < -0.39 is 0 Å². The van der Waals surface area contributed by atoms with Gasteiger partial charge in [-0.25, -0.2) is 0 Å². The second kappa shape index (κ2) is 2.67. The predicted molar refractivity (Wildman–Crippen MR) is 35.8 cm³/mol. The van der Waals surface area contributed by atoms with Crippen molar-refractivity contribution in [2.45, 2.75) is 26.2 Å². The fraction of sp³-hybridized carbons (Fsp3) is 0.571. The Balaban J connectivity index is 2.54. The first-order valence-corrected chi connectivity index (χ1v) is 3.25. The van der Waals surface area contributed by atoms with Crippen molar-refractivity contribution in [1.29, 1.82) is 0 Å². The van der Waals surface area contributed by atoms with Gasteiger partial charge in [0, 0.05) is 12.1 Å². The van der Waals surface area contributed by atoms with Crippen molar-refractivity contribution in [3.63, 3.8) is 0 Å². The maximum atomic E-state index is 10.7. The van der Waals surface area contributed by atoms with Crippen molar-refractivity contribution in [3.05, 3.63) is 11.8 Å². The van der Waals surface area contributed by atoms with Crippen molar-refractivity contribution in [2.24, 2.45) is 0 Å². The van der Waals surface area contributed by atoms with Crippen LogP contribution in [0.1, 0.15) is 26.2 Å². The molecule has 1 rings (SSSR count). The Bertz CT molecular complexity index is 149. The molecule has 0 unspecified atom stereocenters. The van der Waals surface area contributed by atoms with E-state index in [1.54, 1.807) is 0 Å². The quantitative estimate of drug-likeness (QED) is 0.517. The molecule has 1 amide bonds. The van der Waals surface area contributed by atoms with Crippen molar-refractivity contribution in [2.75, 3.05) is 0 Å². The van der Waals surface area contributed by atoms with Gasteiger partial charge in [0.1, 0.15) is 0 Å². The minimum atomic E-state index is 0.154. The molecular formula is C7H11NO. The van der Waals surface area contributed by atoms with Crippen LogP contribution in [0, 0.1) is 0 Å². The summed E-state index contributed by atoms with van der Waals surface area (Å²) >= 11 is 0. The molecule has 0 saturated heterocycles. The zero-order chi connectivity index (χ0) is 6.69. The highest BCUT2D eigenvalue weighted by atomic mass is 16.1. The molecule has 9 heavy (non-hydrogen) atoms. The first kappa shape index (κ1) is 6.33. The molecule has 0 radical (unpaired) electrons. The summed E-state index contributed by atoms with van der Waals surface area (Å²) in [6, 6.07) is 0. The maximum Gasteiger partial charge on any atom is 0.224 e. The van der Waals surface area contributed by atoms with Gasteiger partial charge in [0.05, 0.1) is 0 Å². The number of hydrogen-bond acceptors (Lipinski definition) is 1. The lowest BCUT2D eigenvalue weighted by atomic mass is 10.2. The Labute approximate surface area is 54.9 Å². The van der Waals surface area contributed by atoms with Gasteiger partial charge in [0.25, 0.3) is 0 Å². The molecule has 0 aromatic heterocycles. The Morgan fingerprint density at radius 1 is 1.67 bits per heavy atom. The van der Waals surface area contributed by atoms with Crippen LogP contribution in [0.2, 0.25) is 0 Å². The molecule has 2 nitrogen and oxygen atoms in total. The zero-order valence-corrected chi connectivity index (χ0v) is 5.61. The van der Waals surface area contributed by atoms with E-state index >= 15 is 0 Å². The van der Waals surface area contributed by atoms with Gasteiger partial charge in [-0.3, -0.25) is 4.79 Å². The number of carbonyl (C=O) groups is 1. The average Bonchev–Trinajstić information content (AvgIpc) is 1.93. The van der Waals surface area contributed by atoms with Crippen LogP contribution < -0.4 is 5.32 Å². The topological polar surface area (TPSA) is 29.1 Å². The van der Waals surface area contributed by atoms with E-state index in [4.69, 9.17) is 0 Å². The Kier molecular flexibility index (Phi) is 1.88. The average molecular weight is 125 g/mol. The van der Waals surface area contributed by atoms with E-state index in [-0.39, 0.29) is 5.91 Å². The molecule has 50 valence electrons. The van der Waals surface area contributed by atoms with Gasteiger partial charge in [0.15, 0.2) is 0 Å². The smallest absolute Gasteiger partial charge is 0.224 e. The van der Waals surface area contributed by atoms with Crippen LogP contribution in [0.5, 0.6) is 0 Å². The van der Waals surface area contributed by atoms with Gasteiger partial charge in [0.2, 0.25) is 5.91 Å². The van der Waals surface area contributed by atoms with Gasteiger partial charge >= 0.3 is 0 Å². The minimum Gasteiger partial charge on any atom is -0.330 e. The van der Waals surface area contributed by atoms with Crippen LogP contribution in [0.3, 0.4) is 0 Å². The van der Waals surface area contributed by atoms with Crippen molar-refractivity contribution in [3.8, 4) is 0 Å². The minimum absolute atomic E-state index is 0.154. The standard InChI is InChI=1S/C7H11NO/c1-6-4-2-3-5-7(9)8-6/h4H,2-3,5H2,1H3,(H,8,9). The second-order valence-electron chi connectivity index (χ2n) is 2.33. The normalized spacial score (nSPS) is 20.1. The van der Waals surface area contributed by atoms with Crippen LogP contribution >= 0.6 is 0 Å². The van der Waals surface area contributed by atoms with Crippen LogP contribution in [0.25, 0.3) is 0 Å². The molecule has 1 aliphatic rings. The molecule has 0 aromatic carbocycles. The molecule has 0 spiro atoms. The van der Waals surface area contributed by atoms with Gasteiger partial charge < -0.3 is 5.32 Å². The zero-order valence-electron chi connectivity index (χ0n) is 5.61. The lowest BCUT2D eigenvalue weighted by molar-refractivity contribution is -0.120. The molecule has 0 aromatic rings. The van der Waals surface area contributed by atoms with E-state index in [1.807, 2.05) is 6.92 Å². The summed E-state index contributed by atoms with van der Waals surface area (Å²) in [5, 5.41) is 2.76. The largest absolute Gasteiger partial charge is 0.330 e. The molecule has 2 heteroatoms. The van der Waals surface area contributed by atoms with E-state index in [9.17, 15) is 4.79 Å². The number of nitrogens with one attached hydrogen (secondary N) is 1. The third kappa shape index (κ3) is 1.88. The summed E-state index contributed by atoms with van der Waals surface area (Å²) in [5.74, 6) is 0.154. The maximum absolute atomic E-state index is 10.7. The van der Waals surface area contributed by atoms with E-state index in [0.717, 1.165) is 18.5 Å². The summed E-state index contributed by atoms with van der Waals surface area (Å²) in [6.45, 7) is 1.92. The Hall–Kier alpha value is -0.790. The second-order valence-corrected chi connectivity index (χ2v) is 2.33. The highest BCUT2D eigenvalue weighted by Gasteiger charge is 2.03. The highest BCUT2D eigenvalue weighted by Crippen LogP contribution is 2.04. The van der Waals surface area contributed by atoms with Crippen molar-refractivity contribution in [1.82, 2.24) is 5.32 Å². The Morgan fingerprint density at radius 2 is 2.44 bits per heavy atom. The van der Waals surface area contributed by atoms with Crippen LogP contribution in [-0.2, 0) is 4.79 Å². The highest BCUT2D eigenvalue weighted by molar-refractivity contribution is 5.77. The molecule has 1 aliphatic heterocycles. The van der Waals surface area contributed by atoms with Gasteiger partial charge in [-0.05, 0) is 19.8 Å². The molecule has 1 N–H and O–H groups in total. The van der Waals surface area contributed by atoms with E-state index in [2.05, 4.69) is 11.4 Å². The van der Waals surface area contributed by atoms with Crippen LogP contribution in [0.15, 0.2) is 11.8 Å². The van der Waals surface area contributed by atoms with E-state index in [1.165, 1.54) is 0 Å². The third-order valence-corrected chi connectivity index (χ3v) is 1.40. The van der Waals surface area contributed by atoms with Crippen molar-refractivity contribution < 1.29 is 4.79 Å². The monoisotopic (exact) mass is 125 g/mol. The molecule has 0 aliphatic carbocycles. The lowest BCUT2D eigenvalue weighted by Gasteiger charge is -1.97. The van der Waals surface area contributed by atoms with Gasteiger partial charge in [-0.1, -0.05) is 6.08 Å². The molecule has 0 saturated carbocycles.